The average molecular weight is 559 g/mol. The first-order valence-electron chi connectivity index (χ1n) is 12.8. The molecule has 0 saturated carbocycles. The molecule has 5 rings (SSSR count). The van der Waals surface area contributed by atoms with Crippen molar-refractivity contribution in [2.45, 2.75) is 46.3 Å². The Morgan fingerprint density at radius 3 is 2.44 bits per heavy atom. The summed E-state index contributed by atoms with van der Waals surface area (Å²) in [6, 6.07) is 0. The third-order valence-electron chi connectivity index (χ3n) is 6.29. The maximum absolute atomic E-state index is 12.6. The van der Waals surface area contributed by atoms with E-state index >= 15 is 0 Å². The van der Waals surface area contributed by atoms with Gasteiger partial charge in [-0.25, -0.2) is 29.7 Å². The molecule has 0 bridgehead atoms. The summed E-state index contributed by atoms with van der Waals surface area (Å²) in [5.41, 5.74) is 0.908. The molecule has 2 saturated heterocycles. The molecule has 39 heavy (non-hydrogen) atoms. The van der Waals surface area contributed by atoms with E-state index in [4.69, 9.17) is 35.8 Å². The van der Waals surface area contributed by atoms with Gasteiger partial charge in [-0.2, -0.15) is 4.90 Å². The normalized spacial score (nSPS) is 18.0. The van der Waals surface area contributed by atoms with Crippen LogP contribution in [-0.4, -0.2) is 86.6 Å². The van der Waals surface area contributed by atoms with Crippen molar-refractivity contribution in [3.8, 4) is 11.4 Å². The SMILES string of the molecule is CC(=O)N(C(=O)OC(C)(C)C)c1ncc(-c2nc(N3CCOCC3)c3nc(Cl)n(CC4CCOC4)c3n2)cn1. The van der Waals surface area contributed by atoms with Crippen molar-refractivity contribution in [2.75, 3.05) is 49.3 Å². The molecule has 0 aliphatic carbocycles. The highest BCUT2D eigenvalue weighted by molar-refractivity contribution is 6.29. The number of ether oxygens (including phenoxy) is 3. The summed E-state index contributed by atoms with van der Waals surface area (Å²) >= 11 is 6.61. The molecule has 2 amide bonds. The molecule has 2 aliphatic heterocycles. The molecule has 3 aromatic rings. The Bertz CT molecular complexity index is 1360. The average Bonchev–Trinajstić information content (AvgIpc) is 3.51. The van der Waals surface area contributed by atoms with Gasteiger partial charge in [-0.05, 0) is 38.8 Å². The fourth-order valence-corrected chi connectivity index (χ4v) is 4.68. The number of imide groups is 1. The second-order valence-electron chi connectivity index (χ2n) is 10.5. The van der Waals surface area contributed by atoms with Crippen LogP contribution in [0.15, 0.2) is 12.4 Å². The number of fused-ring (bicyclic) bond motifs is 1. The minimum absolute atomic E-state index is 0.107. The molecule has 208 valence electrons. The highest BCUT2D eigenvalue weighted by atomic mass is 35.5. The molecule has 2 fully saturated rings. The molecule has 0 aromatic carbocycles. The summed E-state index contributed by atoms with van der Waals surface area (Å²) in [6.07, 6.45) is 3.02. The number of nitrogens with zero attached hydrogens (tertiary/aromatic N) is 8. The van der Waals surface area contributed by atoms with Gasteiger partial charge < -0.3 is 19.1 Å². The van der Waals surface area contributed by atoms with Gasteiger partial charge in [0.15, 0.2) is 22.8 Å². The third kappa shape index (κ3) is 5.94. The number of carbonyl (C=O) groups excluding carboxylic acids is 2. The molecular weight excluding hydrogens is 528 g/mol. The summed E-state index contributed by atoms with van der Waals surface area (Å²) < 4.78 is 18.3. The van der Waals surface area contributed by atoms with E-state index in [1.54, 1.807) is 20.8 Å². The van der Waals surface area contributed by atoms with E-state index in [1.165, 1.54) is 19.3 Å². The summed E-state index contributed by atoms with van der Waals surface area (Å²) in [6.45, 7) is 10.8. The lowest BCUT2D eigenvalue weighted by molar-refractivity contribution is -0.116. The molecule has 2 aliphatic rings. The number of hydrogen-bond acceptors (Lipinski definition) is 11. The monoisotopic (exact) mass is 558 g/mol. The van der Waals surface area contributed by atoms with Crippen LogP contribution in [0.3, 0.4) is 0 Å². The molecule has 0 radical (unpaired) electrons. The molecule has 3 aromatic heterocycles. The predicted molar refractivity (Wildman–Crippen MR) is 143 cm³/mol. The van der Waals surface area contributed by atoms with Crippen molar-refractivity contribution >= 4 is 46.5 Å². The molecule has 1 unspecified atom stereocenters. The van der Waals surface area contributed by atoms with E-state index in [-0.39, 0.29) is 5.95 Å². The van der Waals surface area contributed by atoms with Crippen molar-refractivity contribution < 1.29 is 23.8 Å². The number of halogens is 1. The maximum Gasteiger partial charge on any atom is 0.424 e. The van der Waals surface area contributed by atoms with Gasteiger partial charge in [0.25, 0.3) is 0 Å². The fraction of sp³-hybridized carbons (Fsp3) is 0.560. The zero-order chi connectivity index (χ0) is 27.7. The Labute approximate surface area is 230 Å². The number of aromatic nitrogens is 6. The van der Waals surface area contributed by atoms with E-state index in [9.17, 15) is 9.59 Å². The molecule has 14 heteroatoms. The fourth-order valence-electron chi connectivity index (χ4n) is 4.44. The van der Waals surface area contributed by atoms with Crippen molar-refractivity contribution in [2.24, 2.45) is 5.92 Å². The van der Waals surface area contributed by atoms with Gasteiger partial charge >= 0.3 is 6.09 Å². The summed E-state index contributed by atoms with van der Waals surface area (Å²) in [5.74, 6) is 0.633. The number of amides is 2. The van der Waals surface area contributed by atoms with E-state index < -0.39 is 17.6 Å². The number of carbonyl (C=O) groups is 2. The lowest BCUT2D eigenvalue weighted by Crippen LogP contribution is -2.40. The van der Waals surface area contributed by atoms with E-state index in [0.29, 0.717) is 79.0 Å². The van der Waals surface area contributed by atoms with Gasteiger partial charge in [-0.1, -0.05) is 0 Å². The van der Waals surface area contributed by atoms with Gasteiger partial charge in [-0.15, -0.1) is 0 Å². The summed E-state index contributed by atoms with van der Waals surface area (Å²) in [7, 11) is 0. The van der Waals surface area contributed by atoms with Crippen molar-refractivity contribution in [1.82, 2.24) is 29.5 Å². The molecule has 0 spiro atoms. The Morgan fingerprint density at radius 2 is 1.82 bits per heavy atom. The molecule has 1 atom stereocenters. The van der Waals surface area contributed by atoms with Gasteiger partial charge in [0, 0.05) is 51.5 Å². The Kier molecular flexibility index (Phi) is 7.65. The standard InChI is InChI=1S/C25H31ClN8O5/c1-15(35)34(24(36)39-25(2,3)4)23-27-11-17(12-28-23)19-30-20(32-6-9-37-10-7-32)18-21(31-19)33(22(26)29-18)13-16-5-8-38-14-16/h11-12,16H,5-10,13-14H2,1-4H3. The molecule has 13 nitrogen and oxygen atoms in total. The van der Waals surface area contributed by atoms with Crippen LogP contribution in [0.5, 0.6) is 0 Å². The number of rotatable bonds is 5. The van der Waals surface area contributed by atoms with E-state index in [1.807, 2.05) is 4.57 Å². The maximum atomic E-state index is 12.6. The number of morpholine rings is 1. The third-order valence-corrected chi connectivity index (χ3v) is 6.58. The molecule has 5 heterocycles. The lowest BCUT2D eigenvalue weighted by Gasteiger charge is -2.28. The van der Waals surface area contributed by atoms with Crippen LogP contribution < -0.4 is 9.80 Å². The number of hydrogen-bond donors (Lipinski definition) is 0. The minimum Gasteiger partial charge on any atom is -0.443 e. The number of anilines is 2. The largest absolute Gasteiger partial charge is 0.443 e. The number of imidazole rings is 1. The van der Waals surface area contributed by atoms with Crippen LogP contribution >= 0.6 is 11.6 Å². The summed E-state index contributed by atoms with van der Waals surface area (Å²) in [4.78, 5) is 50.6. The first kappa shape index (κ1) is 27.2. The van der Waals surface area contributed by atoms with Gasteiger partial charge in [0.1, 0.15) is 5.60 Å². The highest BCUT2D eigenvalue weighted by Gasteiger charge is 2.29. The Balaban J connectivity index is 1.54. The van der Waals surface area contributed by atoms with Gasteiger partial charge in [0.05, 0.1) is 25.4 Å². The first-order valence-corrected chi connectivity index (χ1v) is 13.2. The van der Waals surface area contributed by atoms with Crippen molar-refractivity contribution in [3.63, 3.8) is 0 Å². The van der Waals surface area contributed by atoms with Crippen LogP contribution in [0.25, 0.3) is 22.6 Å². The Hall–Kier alpha value is -3.42. The second-order valence-corrected chi connectivity index (χ2v) is 10.8. The predicted octanol–water partition coefficient (Wildman–Crippen LogP) is 3.10. The van der Waals surface area contributed by atoms with E-state index in [0.717, 1.165) is 17.9 Å². The van der Waals surface area contributed by atoms with Gasteiger partial charge in [0.2, 0.25) is 17.1 Å². The smallest absolute Gasteiger partial charge is 0.424 e. The first-order chi connectivity index (χ1) is 18.6. The molecule has 0 N–H and O–H groups in total. The van der Waals surface area contributed by atoms with E-state index in [2.05, 4.69) is 19.9 Å². The highest BCUT2D eigenvalue weighted by Crippen LogP contribution is 2.31. The van der Waals surface area contributed by atoms with Crippen LogP contribution in [-0.2, 0) is 25.5 Å². The van der Waals surface area contributed by atoms with Crippen molar-refractivity contribution in [3.05, 3.63) is 17.7 Å². The topological polar surface area (TPSA) is 138 Å². The minimum atomic E-state index is -0.857. The van der Waals surface area contributed by atoms with Crippen LogP contribution in [0.2, 0.25) is 5.28 Å². The summed E-state index contributed by atoms with van der Waals surface area (Å²) in [5, 5.41) is 0.332. The Morgan fingerprint density at radius 1 is 1.10 bits per heavy atom. The van der Waals surface area contributed by atoms with Gasteiger partial charge in [-0.3, -0.25) is 9.36 Å². The van der Waals surface area contributed by atoms with Crippen molar-refractivity contribution in [1.29, 1.82) is 0 Å². The van der Waals surface area contributed by atoms with Crippen LogP contribution in [0.1, 0.15) is 34.1 Å². The second kappa shape index (κ2) is 11.0. The lowest BCUT2D eigenvalue weighted by atomic mass is 10.1. The zero-order valence-electron chi connectivity index (χ0n) is 22.4. The van der Waals surface area contributed by atoms with Crippen LogP contribution in [0, 0.1) is 5.92 Å². The van der Waals surface area contributed by atoms with Crippen LogP contribution in [0.4, 0.5) is 16.6 Å². The molecular formula is C25H31ClN8O5. The quantitative estimate of drug-likeness (QED) is 0.427. The zero-order valence-corrected chi connectivity index (χ0v) is 23.1.